The van der Waals surface area contributed by atoms with Gasteiger partial charge in [0.25, 0.3) is 0 Å². The summed E-state index contributed by atoms with van der Waals surface area (Å²) >= 11 is 0. The molecule has 2 nitrogen and oxygen atoms in total. The van der Waals surface area contributed by atoms with E-state index in [0.717, 1.165) is 37.4 Å². The van der Waals surface area contributed by atoms with Crippen LogP contribution in [0.15, 0.2) is 18.2 Å². The normalized spacial score (nSPS) is 10.2. The van der Waals surface area contributed by atoms with Crippen molar-refractivity contribution in [1.29, 1.82) is 0 Å². The van der Waals surface area contributed by atoms with E-state index in [1.54, 1.807) is 0 Å². The van der Waals surface area contributed by atoms with Crippen molar-refractivity contribution in [3.05, 3.63) is 23.8 Å². The molecule has 0 bridgehead atoms. The van der Waals surface area contributed by atoms with Crippen molar-refractivity contribution >= 4 is 0 Å². The quantitative estimate of drug-likeness (QED) is 0.653. The molecule has 0 aliphatic heterocycles. The van der Waals surface area contributed by atoms with Crippen LogP contribution in [-0.4, -0.2) is 13.2 Å². The van der Waals surface area contributed by atoms with Crippen LogP contribution in [0.1, 0.15) is 39.2 Å². The van der Waals surface area contributed by atoms with Gasteiger partial charge in [-0.15, -0.1) is 0 Å². The molecule has 0 aliphatic rings. The molecule has 0 amide bonds. The van der Waals surface area contributed by atoms with Gasteiger partial charge >= 0.3 is 0 Å². The second kappa shape index (κ2) is 7.15. The molecule has 0 saturated heterocycles. The second-order valence-corrected chi connectivity index (χ2v) is 3.77. The number of hydrogen-bond acceptors (Lipinski definition) is 2. The molecular formula is C14H22O2. The van der Waals surface area contributed by atoms with E-state index in [9.17, 15) is 0 Å². The molecule has 0 atom stereocenters. The summed E-state index contributed by atoms with van der Waals surface area (Å²) < 4.78 is 11.3. The summed E-state index contributed by atoms with van der Waals surface area (Å²) in [4.78, 5) is 0. The lowest BCUT2D eigenvalue weighted by atomic mass is 10.1. The standard InChI is InChI=1S/C14H22O2/c1-4-7-10-16-14-11-12(5-2)8-9-13(14)15-6-3/h8-9,11H,4-7,10H2,1-3H3. The molecular weight excluding hydrogens is 200 g/mol. The third-order valence-electron chi connectivity index (χ3n) is 2.47. The van der Waals surface area contributed by atoms with E-state index in [1.807, 2.05) is 13.0 Å². The maximum absolute atomic E-state index is 5.75. The summed E-state index contributed by atoms with van der Waals surface area (Å²) in [6.45, 7) is 7.74. The average Bonchev–Trinajstić information content (AvgIpc) is 2.31. The lowest BCUT2D eigenvalue weighted by Gasteiger charge is -2.12. The SMILES string of the molecule is CCCCOc1cc(CC)ccc1OCC. The van der Waals surface area contributed by atoms with E-state index in [0.29, 0.717) is 6.61 Å². The molecule has 0 fully saturated rings. The number of aryl methyl sites for hydroxylation is 1. The molecule has 1 aromatic carbocycles. The molecule has 1 rings (SSSR count). The van der Waals surface area contributed by atoms with E-state index < -0.39 is 0 Å². The van der Waals surface area contributed by atoms with Gasteiger partial charge in [-0.05, 0) is 37.5 Å². The summed E-state index contributed by atoms with van der Waals surface area (Å²) in [6, 6.07) is 6.18. The Morgan fingerprint density at radius 3 is 2.44 bits per heavy atom. The van der Waals surface area contributed by atoms with Crippen molar-refractivity contribution in [2.75, 3.05) is 13.2 Å². The molecule has 0 saturated carbocycles. The smallest absolute Gasteiger partial charge is 0.161 e. The third-order valence-corrected chi connectivity index (χ3v) is 2.47. The zero-order valence-electron chi connectivity index (χ0n) is 10.6. The molecule has 16 heavy (non-hydrogen) atoms. The highest BCUT2D eigenvalue weighted by Crippen LogP contribution is 2.28. The highest BCUT2D eigenvalue weighted by atomic mass is 16.5. The van der Waals surface area contributed by atoms with E-state index in [4.69, 9.17) is 9.47 Å². The third kappa shape index (κ3) is 3.76. The van der Waals surface area contributed by atoms with Crippen LogP contribution in [-0.2, 0) is 6.42 Å². The maximum atomic E-state index is 5.75. The van der Waals surface area contributed by atoms with E-state index in [-0.39, 0.29) is 0 Å². The fourth-order valence-electron chi connectivity index (χ4n) is 1.49. The molecule has 0 N–H and O–H groups in total. The Bertz CT molecular complexity index is 308. The molecule has 0 aromatic heterocycles. The monoisotopic (exact) mass is 222 g/mol. The first kappa shape index (κ1) is 12.9. The van der Waals surface area contributed by atoms with Gasteiger partial charge in [0.05, 0.1) is 13.2 Å². The van der Waals surface area contributed by atoms with Gasteiger partial charge in [0, 0.05) is 0 Å². The van der Waals surface area contributed by atoms with Crippen LogP contribution in [0.4, 0.5) is 0 Å². The Hall–Kier alpha value is -1.18. The number of rotatable bonds is 7. The van der Waals surface area contributed by atoms with Crippen LogP contribution >= 0.6 is 0 Å². The number of ether oxygens (including phenoxy) is 2. The summed E-state index contributed by atoms with van der Waals surface area (Å²) in [5, 5.41) is 0. The molecule has 1 aromatic rings. The predicted molar refractivity (Wildman–Crippen MR) is 67.4 cm³/mol. The molecule has 90 valence electrons. The second-order valence-electron chi connectivity index (χ2n) is 3.77. The number of unbranched alkanes of at least 4 members (excludes halogenated alkanes) is 1. The summed E-state index contributed by atoms with van der Waals surface area (Å²) in [6.07, 6.45) is 3.26. The Morgan fingerprint density at radius 1 is 1.00 bits per heavy atom. The van der Waals surface area contributed by atoms with E-state index in [2.05, 4.69) is 26.0 Å². The van der Waals surface area contributed by atoms with Gasteiger partial charge in [-0.1, -0.05) is 26.3 Å². The Balaban J connectivity index is 2.74. The van der Waals surface area contributed by atoms with Gasteiger partial charge in [-0.2, -0.15) is 0 Å². The maximum Gasteiger partial charge on any atom is 0.161 e. The first-order valence-corrected chi connectivity index (χ1v) is 6.20. The summed E-state index contributed by atoms with van der Waals surface area (Å²) in [5.41, 5.74) is 1.29. The zero-order chi connectivity index (χ0) is 11.8. The van der Waals surface area contributed by atoms with Crippen LogP contribution in [0.25, 0.3) is 0 Å². The van der Waals surface area contributed by atoms with Gasteiger partial charge in [-0.3, -0.25) is 0 Å². The van der Waals surface area contributed by atoms with E-state index >= 15 is 0 Å². The largest absolute Gasteiger partial charge is 0.490 e. The first-order valence-electron chi connectivity index (χ1n) is 6.20. The number of hydrogen-bond donors (Lipinski definition) is 0. The summed E-state index contributed by atoms with van der Waals surface area (Å²) in [5.74, 6) is 1.74. The van der Waals surface area contributed by atoms with Crippen molar-refractivity contribution in [1.82, 2.24) is 0 Å². The molecule has 0 radical (unpaired) electrons. The molecule has 0 spiro atoms. The molecule has 0 heterocycles. The minimum atomic E-state index is 0.676. The van der Waals surface area contributed by atoms with Crippen molar-refractivity contribution < 1.29 is 9.47 Å². The van der Waals surface area contributed by atoms with Crippen molar-refractivity contribution in [2.45, 2.75) is 40.0 Å². The van der Waals surface area contributed by atoms with Crippen LogP contribution < -0.4 is 9.47 Å². The lowest BCUT2D eigenvalue weighted by molar-refractivity contribution is 0.272. The predicted octanol–water partition coefficient (Wildman–Crippen LogP) is 3.83. The Morgan fingerprint density at radius 2 is 1.81 bits per heavy atom. The lowest BCUT2D eigenvalue weighted by Crippen LogP contribution is -2.01. The van der Waals surface area contributed by atoms with Crippen molar-refractivity contribution in [3.63, 3.8) is 0 Å². The Kier molecular flexibility index (Phi) is 5.76. The highest BCUT2D eigenvalue weighted by molar-refractivity contribution is 5.43. The molecule has 0 aliphatic carbocycles. The van der Waals surface area contributed by atoms with Crippen LogP contribution in [0.2, 0.25) is 0 Å². The van der Waals surface area contributed by atoms with Crippen LogP contribution in [0.5, 0.6) is 11.5 Å². The van der Waals surface area contributed by atoms with Gasteiger partial charge < -0.3 is 9.47 Å². The molecule has 2 heteroatoms. The zero-order valence-corrected chi connectivity index (χ0v) is 10.6. The topological polar surface area (TPSA) is 18.5 Å². The fraction of sp³-hybridized carbons (Fsp3) is 0.571. The van der Waals surface area contributed by atoms with Crippen LogP contribution in [0.3, 0.4) is 0 Å². The van der Waals surface area contributed by atoms with E-state index in [1.165, 1.54) is 5.56 Å². The highest BCUT2D eigenvalue weighted by Gasteiger charge is 2.05. The van der Waals surface area contributed by atoms with Gasteiger partial charge in [-0.25, -0.2) is 0 Å². The minimum Gasteiger partial charge on any atom is -0.490 e. The van der Waals surface area contributed by atoms with Crippen molar-refractivity contribution in [3.8, 4) is 11.5 Å². The van der Waals surface area contributed by atoms with Gasteiger partial charge in [0.15, 0.2) is 11.5 Å². The van der Waals surface area contributed by atoms with Gasteiger partial charge in [0.2, 0.25) is 0 Å². The first-order chi connectivity index (χ1) is 7.81. The summed E-state index contributed by atoms with van der Waals surface area (Å²) in [7, 11) is 0. The average molecular weight is 222 g/mol. The number of benzene rings is 1. The fourth-order valence-corrected chi connectivity index (χ4v) is 1.49. The minimum absolute atomic E-state index is 0.676. The van der Waals surface area contributed by atoms with Crippen molar-refractivity contribution in [2.24, 2.45) is 0 Å². The van der Waals surface area contributed by atoms with Gasteiger partial charge in [0.1, 0.15) is 0 Å². The van der Waals surface area contributed by atoms with Crippen LogP contribution in [0, 0.1) is 0 Å². The Labute approximate surface area is 98.6 Å². The molecule has 0 unspecified atom stereocenters.